The second kappa shape index (κ2) is 60.4. The van der Waals surface area contributed by atoms with Gasteiger partial charge in [0.25, 0.3) is 0 Å². The standard InChI is InChI=1S/C65H129N5O4/c1-5-9-13-17-21-25-29-31-35-39-44-50-62(71)58-69(59-63(72)51-45-40-36-32-30-26-22-18-14-10-6-2)56-49-43-46-52-66-55-57-70(60-64(73)67-53-47-41-37-33-27-23-19-15-11-7-3)61-65(74)68-54-48-42-38-34-28-24-20-16-12-8-4/h66H,5-61H2,1-4H3,(H,67,73)(H,68,74). The number of hydrogen-bond acceptors (Lipinski definition) is 7. The first-order chi connectivity index (χ1) is 36.4. The maximum absolute atomic E-state index is 13.2. The van der Waals surface area contributed by atoms with Crippen LogP contribution in [0.5, 0.6) is 0 Å². The van der Waals surface area contributed by atoms with Gasteiger partial charge in [0, 0.05) is 39.0 Å². The number of carbonyl (C=O) groups excluding carboxylic acids is 4. The van der Waals surface area contributed by atoms with Crippen molar-refractivity contribution in [1.82, 2.24) is 25.8 Å². The van der Waals surface area contributed by atoms with Gasteiger partial charge >= 0.3 is 0 Å². The minimum absolute atomic E-state index is 0.00235. The lowest BCUT2D eigenvalue weighted by molar-refractivity contribution is -0.126. The van der Waals surface area contributed by atoms with E-state index in [0.717, 1.165) is 83.7 Å². The average Bonchev–Trinajstić information content (AvgIpc) is 3.38. The zero-order valence-corrected chi connectivity index (χ0v) is 50.3. The molecule has 0 bridgehead atoms. The highest BCUT2D eigenvalue weighted by atomic mass is 16.2. The van der Waals surface area contributed by atoms with Gasteiger partial charge in [0.1, 0.15) is 11.6 Å². The normalized spacial score (nSPS) is 11.6. The number of Topliss-reactive ketones (excluding diaryl/α,β-unsaturated/α-hetero) is 2. The number of hydrogen-bond donors (Lipinski definition) is 3. The Morgan fingerprint density at radius 3 is 0.838 bits per heavy atom. The quantitative estimate of drug-likeness (QED) is 0.0520. The van der Waals surface area contributed by atoms with E-state index in [-0.39, 0.29) is 36.5 Å². The van der Waals surface area contributed by atoms with E-state index in [1.165, 1.54) is 218 Å². The van der Waals surface area contributed by atoms with Crippen molar-refractivity contribution in [3.8, 4) is 0 Å². The summed E-state index contributed by atoms with van der Waals surface area (Å²) in [6.07, 6.45) is 57.8. The second-order valence-electron chi connectivity index (χ2n) is 22.9. The lowest BCUT2D eigenvalue weighted by Gasteiger charge is -2.22. The van der Waals surface area contributed by atoms with Crippen LogP contribution in [0.2, 0.25) is 0 Å². The minimum atomic E-state index is 0.00235. The molecule has 9 nitrogen and oxygen atoms in total. The number of unbranched alkanes of at least 4 members (excludes halogenated alkanes) is 40. The highest BCUT2D eigenvalue weighted by molar-refractivity contribution is 5.83. The zero-order valence-electron chi connectivity index (χ0n) is 50.3. The summed E-state index contributed by atoms with van der Waals surface area (Å²) in [6.45, 7) is 14.7. The molecule has 0 aromatic rings. The topological polar surface area (TPSA) is 111 Å². The molecule has 2 amide bonds. The molecule has 0 unspecified atom stereocenters. The first kappa shape index (κ1) is 72.2. The molecule has 3 N–H and O–H groups in total. The molecule has 0 rings (SSSR count). The molecule has 0 aromatic carbocycles. The molecule has 0 atom stereocenters. The molecule has 0 fully saturated rings. The molecular weight excluding hydrogens is 915 g/mol. The molecule has 0 aliphatic rings. The first-order valence-electron chi connectivity index (χ1n) is 33.1. The Balaban J connectivity index is 4.89. The van der Waals surface area contributed by atoms with Crippen LogP contribution in [0.15, 0.2) is 0 Å². The SMILES string of the molecule is CCCCCCCCCCCCCC(=O)CN(CCCCCNCCN(CC(=O)NCCCCCCCCCCCC)CC(=O)NCCCCCCCCCCCC)CC(=O)CCCCCCCCCCCCC. The summed E-state index contributed by atoms with van der Waals surface area (Å²) in [6, 6.07) is 0. The Hall–Kier alpha value is -1.84. The Kier molecular flexibility index (Phi) is 58.9. The van der Waals surface area contributed by atoms with Crippen molar-refractivity contribution < 1.29 is 19.2 Å². The van der Waals surface area contributed by atoms with Crippen LogP contribution in [0, 0.1) is 0 Å². The van der Waals surface area contributed by atoms with Gasteiger partial charge in [-0.2, -0.15) is 0 Å². The molecule has 0 saturated carbocycles. The highest BCUT2D eigenvalue weighted by Crippen LogP contribution is 2.16. The first-order valence-corrected chi connectivity index (χ1v) is 33.1. The number of rotatable bonds is 63. The maximum Gasteiger partial charge on any atom is 0.234 e. The van der Waals surface area contributed by atoms with E-state index in [9.17, 15) is 19.2 Å². The van der Waals surface area contributed by atoms with Crippen molar-refractivity contribution in [3.05, 3.63) is 0 Å². The molecule has 0 heterocycles. The van der Waals surface area contributed by atoms with Crippen LogP contribution in [0.3, 0.4) is 0 Å². The molecule has 0 aliphatic heterocycles. The number of nitrogens with zero attached hydrogens (tertiary/aromatic N) is 2. The van der Waals surface area contributed by atoms with Crippen LogP contribution >= 0.6 is 0 Å². The smallest absolute Gasteiger partial charge is 0.234 e. The van der Waals surface area contributed by atoms with Crippen molar-refractivity contribution in [2.24, 2.45) is 0 Å². The monoisotopic (exact) mass is 1040 g/mol. The molecule has 438 valence electrons. The predicted molar refractivity (Wildman–Crippen MR) is 321 cm³/mol. The van der Waals surface area contributed by atoms with Gasteiger partial charge in [0.05, 0.1) is 26.2 Å². The highest BCUT2D eigenvalue weighted by Gasteiger charge is 2.16. The third-order valence-electron chi connectivity index (χ3n) is 15.3. The van der Waals surface area contributed by atoms with Crippen LogP contribution in [0.1, 0.15) is 329 Å². The second-order valence-corrected chi connectivity index (χ2v) is 22.9. The van der Waals surface area contributed by atoms with E-state index >= 15 is 0 Å². The van der Waals surface area contributed by atoms with Gasteiger partial charge in [0.2, 0.25) is 11.8 Å². The third-order valence-corrected chi connectivity index (χ3v) is 15.3. The van der Waals surface area contributed by atoms with Crippen molar-refractivity contribution in [1.29, 1.82) is 0 Å². The van der Waals surface area contributed by atoms with Crippen LogP contribution in [-0.2, 0) is 19.2 Å². The van der Waals surface area contributed by atoms with Crippen molar-refractivity contribution in [3.63, 3.8) is 0 Å². The van der Waals surface area contributed by atoms with E-state index in [0.29, 0.717) is 52.1 Å². The van der Waals surface area contributed by atoms with E-state index in [4.69, 9.17) is 0 Å². The van der Waals surface area contributed by atoms with Gasteiger partial charge in [-0.1, -0.05) is 278 Å². The van der Waals surface area contributed by atoms with Gasteiger partial charge in [0.15, 0.2) is 0 Å². The van der Waals surface area contributed by atoms with Crippen molar-refractivity contribution in [2.75, 3.05) is 65.4 Å². The van der Waals surface area contributed by atoms with Gasteiger partial charge in [-0.3, -0.25) is 29.0 Å². The predicted octanol–water partition coefficient (Wildman–Crippen LogP) is 17.0. The zero-order chi connectivity index (χ0) is 53.9. The summed E-state index contributed by atoms with van der Waals surface area (Å²) in [4.78, 5) is 56.7. The molecule has 0 radical (unpaired) electrons. The molecule has 0 aromatic heterocycles. The summed E-state index contributed by atoms with van der Waals surface area (Å²) in [5.41, 5.74) is 0. The summed E-state index contributed by atoms with van der Waals surface area (Å²) >= 11 is 0. The molecule has 74 heavy (non-hydrogen) atoms. The fourth-order valence-corrected chi connectivity index (χ4v) is 10.4. The van der Waals surface area contributed by atoms with E-state index < -0.39 is 0 Å². The van der Waals surface area contributed by atoms with Crippen LogP contribution in [-0.4, -0.2) is 98.6 Å². The van der Waals surface area contributed by atoms with Gasteiger partial charge < -0.3 is 16.0 Å². The fraction of sp³-hybridized carbons (Fsp3) is 0.938. The van der Waals surface area contributed by atoms with Crippen LogP contribution in [0.25, 0.3) is 0 Å². The van der Waals surface area contributed by atoms with Crippen molar-refractivity contribution in [2.45, 2.75) is 329 Å². The maximum atomic E-state index is 13.2. The summed E-state index contributed by atoms with van der Waals surface area (Å²) < 4.78 is 0. The number of amides is 2. The van der Waals surface area contributed by atoms with Crippen LogP contribution < -0.4 is 16.0 Å². The number of ketones is 2. The Labute approximate surface area is 461 Å². The molecular formula is C65H129N5O4. The summed E-state index contributed by atoms with van der Waals surface area (Å²) in [5, 5.41) is 9.85. The lowest BCUT2D eigenvalue weighted by Crippen LogP contribution is -2.45. The summed E-state index contributed by atoms with van der Waals surface area (Å²) in [7, 11) is 0. The van der Waals surface area contributed by atoms with Gasteiger partial charge in [-0.15, -0.1) is 0 Å². The average molecular weight is 1040 g/mol. The van der Waals surface area contributed by atoms with Gasteiger partial charge in [-0.25, -0.2) is 0 Å². The Morgan fingerprint density at radius 1 is 0.257 bits per heavy atom. The van der Waals surface area contributed by atoms with Crippen LogP contribution in [0.4, 0.5) is 0 Å². The van der Waals surface area contributed by atoms with Crippen molar-refractivity contribution >= 4 is 23.4 Å². The third kappa shape index (κ3) is 56.4. The Bertz CT molecular complexity index is 1030. The molecule has 0 aliphatic carbocycles. The molecule has 9 heteroatoms. The van der Waals surface area contributed by atoms with E-state index in [1.807, 2.05) is 4.90 Å². The summed E-state index contributed by atoms with van der Waals surface area (Å²) in [5.74, 6) is 0.578. The van der Waals surface area contributed by atoms with E-state index in [2.05, 4.69) is 48.5 Å². The molecule has 0 saturated heterocycles. The fourth-order valence-electron chi connectivity index (χ4n) is 10.4. The molecule has 0 spiro atoms. The number of carbonyl (C=O) groups is 4. The minimum Gasteiger partial charge on any atom is -0.355 e. The largest absolute Gasteiger partial charge is 0.355 e. The number of nitrogens with one attached hydrogen (secondary N) is 3. The lowest BCUT2D eigenvalue weighted by atomic mass is 10.0. The van der Waals surface area contributed by atoms with Gasteiger partial charge in [-0.05, 0) is 51.6 Å². The Morgan fingerprint density at radius 2 is 0.514 bits per heavy atom. The van der Waals surface area contributed by atoms with E-state index in [1.54, 1.807) is 0 Å².